The summed E-state index contributed by atoms with van der Waals surface area (Å²) in [5.41, 5.74) is 7.79. The molecular weight excluding hydrogens is 250 g/mol. The summed E-state index contributed by atoms with van der Waals surface area (Å²) in [5.74, 6) is 0.579. The van der Waals surface area contributed by atoms with Gasteiger partial charge in [-0.1, -0.05) is 24.6 Å². The molecule has 1 amide bonds. The van der Waals surface area contributed by atoms with E-state index in [4.69, 9.17) is 5.73 Å². The third-order valence-corrected chi connectivity index (χ3v) is 4.30. The largest absolute Gasteiger partial charge is 0.330 e. The molecule has 0 radical (unpaired) electrons. The van der Waals surface area contributed by atoms with Gasteiger partial charge in [0.15, 0.2) is 0 Å². The number of para-hydroxylation sites is 1. The number of carbonyl (C=O) groups excluding carboxylic acids is 1. The zero-order chi connectivity index (χ0) is 14.5. The van der Waals surface area contributed by atoms with Crippen molar-refractivity contribution in [1.29, 1.82) is 0 Å². The average Bonchev–Trinajstić information content (AvgIpc) is 2.89. The number of benzene rings is 1. The van der Waals surface area contributed by atoms with Gasteiger partial charge in [-0.25, -0.2) is 0 Å². The fourth-order valence-corrected chi connectivity index (χ4v) is 3.12. The molecule has 0 spiro atoms. The Morgan fingerprint density at radius 3 is 2.85 bits per heavy atom. The molecule has 1 saturated carbocycles. The van der Waals surface area contributed by atoms with Crippen molar-refractivity contribution in [2.45, 2.75) is 32.2 Å². The molecule has 20 heavy (non-hydrogen) atoms. The maximum absolute atomic E-state index is 12.1. The Kier molecular flexibility index (Phi) is 5.15. The molecule has 4 heteroatoms. The lowest BCUT2D eigenvalue weighted by Crippen LogP contribution is -2.41. The van der Waals surface area contributed by atoms with Crippen LogP contribution in [0.4, 0.5) is 5.69 Å². The number of carbonyl (C=O) groups is 1. The molecule has 1 aliphatic rings. The van der Waals surface area contributed by atoms with E-state index < -0.39 is 0 Å². The molecule has 2 atom stereocenters. The lowest BCUT2D eigenvalue weighted by Gasteiger charge is -2.28. The summed E-state index contributed by atoms with van der Waals surface area (Å²) in [6.45, 7) is 3.14. The van der Waals surface area contributed by atoms with E-state index in [2.05, 4.69) is 10.2 Å². The molecule has 110 valence electrons. The second-order valence-corrected chi connectivity index (χ2v) is 5.77. The van der Waals surface area contributed by atoms with Crippen LogP contribution in [0.15, 0.2) is 24.3 Å². The zero-order valence-corrected chi connectivity index (χ0v) is 12.4. The highest BCUT2D eigenvalue weighted by atomic mass is 16.2. The van der Waals surface area contributed by atoms with Gasteiger partial charge in [-0.2, -0.15) is 0 Å². The smallest absolute Gasteiger partial charge is 0.238 e. The predicted molar refractivity (Wildman–Crippen MR) is 82.6 cm³/mol. The fraction of sp³-hybridized carbons (Fsp3) is 0.562. The van der Waals surface area contributed by atoms with Gasteiger partial charge in [0.05, 0.1) is 6.54 Å². The second-order valence-electron chi connectivity index (χ2n) is 5.77. The molecule has 1 aliphatic carbocycles. The molecule has 4 nitrogen and oxygen atoms in total. The molecule has 1 aromatic rings. The summed E-state index contributed by atoms with van der Waals surface area (Å²) in [7, 11) is 2.02. The van der Waals surface area contributed by atoms with E-state index in [1.165, 1.54) is 12.8 Å². The highest BCUT2D eigenvalue weighted by molar-refractivity contribution is 5.92. The Bertz CT molecular complexity index is 461. The third-order valence-electron chi connectivity index (χ3n) is 4.30. The summed E-state index contributed by atoms with van der Waals surface area (Å²) in [6.07, 6.45) is 3.55. The minimum absolute atomic E-state index is 0.0458. The van der Waals surface area contributed by atoms with Crippen molar-refractivity contribution in [3.63, 3.8) is 0 Å². The summed E-state index contributed by atoms with van der Waals surface area (Å²) in [6, 6.07) is 8.30. The summed E-state index contributed by atoms with van der Waals surface area (Å²) >= 11 is 0. The van der Waals surface area contributed by atoms with E-state index in [9.17, 15) is 4.79 Å². The van der Waals surface area contributed by atoms with Crippen molar-refractivity contribution in [2.75, 3.05) is 25.5 Å². The van der Waals surface area contributed by atoms with Gasteiger partial charge in [-0.05, 0) is 50.9 Å². The monoisotopic (exact) mass is 275 g/mol. The number of hydrogen-bond acceptors (Lipinski definition) is 3. The topological polar surface area (TPSA) is 58.4 Å². The SMILES string of the molecule is Cc1ccccc1NC(=O)CN(C)C1CCCC1CN. The van der Waals surface area contributed by atoms with Crippen molar-refractivity contribution < 1.29 is 4.79 Å². The number of anilines is 1. The van der Waals surface area contributed by atoms with Crippen molar-refractivity contribution in [1.82, 2.24) is 4.90 Å². The van der Waals surface area contributed by atoms with Crippen LogP contribution in [0.2, 0.25) is 0 Å². The standard InChI is InChI=1S/C16H25N3O/c1-12-6-3-4-8-14(12)18-16(20)11-19(2)15-9-5-7-13(15)10-17/h3-4,6,8,13,15H,5,7,9-11,17H2,1-2H3,(H,18,20). The fourth-order valence-electron chi connectivity index (χ4n) is 3.12. The van der Waals surface area contributed by atoms with E-state index in [1.807, 2.05) is 38.2 Å². The first-order valence-electron chi connectivity index (χ1n) is 7.37. The minimum Gasteiger partial charge on any atom is -0.330 e. The lowest BCUT2D eigenvalue weighted by atomic mass is 10.0. The van der Waals surface area contributed by atoms with Gasteiger partial charge in [0.1, 0.15) is 0 Å². The summed E-state index contributed by atoms with van der Waals surface area (Å²) in [4.78, 5) is 14.3. The van der Waals surface area contributed by atoms with Gasteiger partial charge in [0.2, 0.25) is 5.91 Å². The van der Waals surface area contributed by atoms with Crippen molar-refractivity contribution >= 4 is 11.6 Å². The van der Waals surface area contributed by atoms with Crippen LogP contribution in [0, 0.1) is 12.8 Å². The number of nitrogens with zero attached hydrogens (tertiary/aromatic N) is 1. The van der Waals surface area contributed by atoms with Crippen molar-refractivity contribution in [2.24, 2.45) is 11.7 Å². The van der Waals surface area contributed by atoms with Crippen LogP contribution in [-0.4, -0.2) is 37.0 Å². The average molecular weight is 275 g/mol. The Morgan fingerprint density at radius 1 is 1.40 bits per heavy atom. The van der Waals surface area contributed by atoms with Crippen LogP contribution in [0.25, 0.3) is 0 Å². The van der Waals surface area contributed by atoms with Crippen LogP contribution >= 0.6 is 0 Å². The maximum atomic E-state index is 12.1. The number of nitrogens with one attached hydrogen (secondary N) is 1. The Labute approximate surface area is 121 Å². The van der Waals surface area contributed by atoms with Crippen molar-refractivity contribution in [3.8, 4) is 0 Å². The van der Waals surface area contributed by atoms with E-state index in [-0.39, 0.29) is 5.91 Å². The van der Waals surface area contributed by atoms with Gasteiger partial charge >= 0.3 is 0 Å². The van der Waals surface area contributed by atoms with Gasteiger partial charge in [-0.3, -0.25) is 9.69 Å². The summed E-state index contributed by atoms with van der Waals surface area (Å²) in [5, 5.41) is 2.99. The van der Waals surface area contributed by atoms with Gasteiger partial charge < -0.3 is 11.1 Å². The molecule has 0 bridgehead atoms. The van der Waals surface area contributed by atoms with Crippen LogP contribution in [0.1, 0.15) is 24.8 Å². The molecule has 3 N–H and O–H groups in total. The van der Waals surface area contributed by atoms with E-state index in [1.54, 1.807) is 0 Å². The third kappa shape index (κ3) is 3.58. The maximum Gasteiger partial charge on any atom is 0.238 e. The molecule has 2 rings (SSSR count). The molecule has 1 fully saturated rings. The minimum atomic E-state index is 0.0458. The molecule has 2 unspecified atom stereocenters. The predicted octanol–water partition coefficient (Wildman–Crippen LogP) is 1.99. The van der Waals surface area contributed by atoms with E-state index >= 15 is 0 Å². The van der Waals surface area contributed by atoms with Gasteiger partial charge in [-0.15, -0.1) is 0 Å². The Morgan fingerprint density at radius 2 is 2.15 bits per heavy atom. The quantitative estimate of drug-likeness (QED) is 0.864. The number of rotatable bonds is 5. The Balaban J connectivity index is 1.90. The lowest BCUT2D eigenvalue weighted by molar-refractivity contribution is -0.117. The highest BCUT2D eigenvalue weighted by Gasteiger charge is 2.29. The first-order valence-corrected chi connectivity index (χ1v) is 7.37. The number of nitrogens with two attached hydrogens (primary N) is 1. The first-order chi connectivity index (χ1) is 9.61. The second kappa shape index (κ2) is 6.86. The van der Waals surface area contributed by atoms with E-state index in [0.29, 0.717) is 25.0 Å². The summed E-state index contributed by atoms with van der Waals surface area (Å²) < 4.78 is 0. The first kappa shape index (κ1) is 15.0. The number of likely N-dealkylation sites (N-methyl/N-ethyl adjacent to an activating group) is 1. The van der Waals surface area contributed by atoms with Gasteiger partial charge in [0.25, 0.3) is 0 Å². The van der Waals surface area contributed by atoms with Crippen LogP contribution < -0.4 is 11.1 Å². The van der Waals surface area contributed by atoms with Gasteiger partial charge in [0, 0.05) is 11.7 Å². The van der Waals surface area contributed by atoms with Crippen molar-refractivity contribution in [3.05, 3.63) is 29.8 Å². The molecule has 0 aliphatic heterocycles. The van der Waals surface area contributed by atoms with Crippen LogP contribution in [0.3, 0.4) is 0 Å². The number of hydrogen-bond donors (Lipinski definition) is 2. The Hall–Kier alpha value is -1.39. The van der Waals surface area contributed by atoms with Crippen LogP contribution in [-0.2, 0) is 4.79 Å². The number of amides is 1. The molecule has 0 heterocycles. The normalized spacial score (nSPS) is 22.2. The molecular formula is C16H25N3O. The molecule has 1 aromatic carbocycles. The highest BCUT2D eigenvalue weighted by Crippen LogP contribution is 2.28. The van der Waals surface area contributed by atoms with E-state index in [0.717, 1.165) is 17.7 Å². The number of aryl methyl sites for hydroxylation is 1. The van der Waals surface area contributed by atoms with Crippen LogP contribution in [0.5, 0.6) is 0 Å². The molecule has 0 saturated heterocycles. The molecule has 0 aromatic heterocycles. The zero-order valence-electron chi connectivity index (χ0n) is 12.4.